The Hall–Kier alpha value is -1.48. The first-order valence-electron chi connectivity index (χ1n) is 27.8. The summed E-state index contributed by atoms with van der Waals surface area (Å²) in [4.78, 5) is 13.2. The van der Waals surface area contributed by atoms with Gasteiger partial charge in [-0.1, -0.05) is 82.4 Å². The molecule has 4 aliphatic heterocycles. The second-order valence-corrected chi connectivity index (χ2v) is 29.5. The smallest absolute Gasteiger partial charge is 0.387 e. The maximum Gasteiger partial charge on any atom is 0.397 e. The van der Waals surface area contributed by atoms with E-state index in [1.165, 1.54) is 35.1 Å². The van der Waals surface area contributed by atoms with E-state index in [-0.39, 0.29) is 70.3 Å². The van der Waals surface area contributed by atoms with Crippen LogP contribution < -0.4 is 0 Å². The molecule has 19 atom stereocenters. The quantitative estimate of drug-likeness (QED) is 0.135. The van der Waals surface area contributed by atoms with Crippen LogP contribution in [0.1, 0.15) is 186 Å². The van der Waals surface area contributed by atoms with Crippen LogP contribution in [-0.2, 0) is 33.6 Å². The first-order chi connectivity index (χ1) is 32.4. The molecule has 4 saturated carbocycles. The van der Waals surface area contributed by atoms with Gasteiger partial charge in [0, 0.05) is 27.6 Å². The van der Waals surface area contributed by atoms with Gasteiger partial charge in [-0.15, -0.1) is 0 Å². The minimum absolute atomic E-state index is 0.0325. The fourth-order valence-electron chi connectivity index (χ4n) is 21.0. The molecule has 8 fully saturated rings. The number of rotatable bonds is 8. The van der Waals surface area contributed by atoms with Gasteiger partial charge in [0.05, 0.1) is 36.1 Å². The van der Waals surface area contributed by atoms with Crippen molar-refractivity contribution >= 4 is 16.2 Å². The van der Waals surface area contributed by atoms with Gasteiger partial charge < -0.3 is 29.5 Å². The number of ether oxygens (including phenoxy) is 3. The summed E-state index contributed by atoms with van der Waals surface area (Å²) in [6.07, 6.45) is 14.0. The highest BCUT2D eigenvalue weighted by molar-refractivity contribution is 7.80. The highest BCUT2D eigenvalue weighted by Gasteiger charge is 2.74. The summed E-state index contributed by atoms with van der Waals surface area (Å²) in [6, 6.07) is 0. The molecular formula is C58H88O11S. The van der Waals surface area contributed by atoms with Gasteiger partial charge in [0.15, 0.2) is 11.6 Å². The molecule has 0 aromatic rings. The zero-order chi connectivity index (χ0) is 50.5. The fourth-order valence-corrected chi connectivity index (χ4v) is 21.5. The summed E-state index contributed by atoms with van der Waals surface area (Å²) in [7, 11) is -4.81. The molecule has 70 heavy (non-hydrogen) atoms. The third-order valence-electron chi connectivity index (χ3n) is 24.2. The van der Waals surface area contributed by atoms with Crippen molar-refractivity contribution in [3.63, 3.8) is 0 Å². The Morgan fingerprint density at radius 3 is 2.16 bits per heavy atom. The van der Waals surface area contributed by atoms with Gasteiger partial charge in [0.1, 0.15) is 12.2 Å². The van der Waals surface area contributed by atoms with E-state index in [9.17, 15) is 33.1 Å². The largest absolute Gasteiger partial charge is 0.397 e. The van der Waals surface area contributed by atoms with Crippen LogP contribution in [0.15, 0.2) is 33.9 Å². The lowest BCUT2D eigenvalue weighted by molar-refractivity contribution is -0.408. The Kier molecular flexibility index (Phi) is 11.4. The molecule has 12 aliphatic rings. The predicted molar refractivity (Wildman–Crippen MR) is 266 cm³/mol. The molecule has 0 aromatic carbocycles. The van der Waals surface area contributed by atoms with Crippen LogP contribution in [0.3, 0.4) is 0 Å². The first-order valence-corrected chi connectivity index (χ1v) is 29.2. The molecule has 0 amide bonds. The van der Waals surface area contributed by atoms with Gasteiger partial charge in [0.2, 0.25) is 0 Å². The number of allylic oxidation sites excluding steroid dienone is 4. The average Bonchev–Trinajstić information content (AvgIpc) is 3.84. The molecule has 0 radical (unpaired) electrons. The van der Waals surface area contributed by atoms with Crippen molar-refractivity contribution in [1.82, 2.24) is 0 Å². The van der Waals surface area contributed by atoms with E-state index in [2.05, 4.69) is 61.5 Å². The van der Waals surface area contributed by atoms with Crippen LogP contribution in [0.5, 0.6) is 0 Å². The van der Waals surface area contributed by atoms with E-state index in [4.69, 9.17) is 18.4 Å². The molecule has 12 rings (SSSR count). The van der Waals surface area contributed by atoms with Crippen LogP contribution in [0.4, 0.5) is 0 Å². The van der Waals surface area contributed by atoms with Crippen LogP contribution >= 0.6 is 0 Å². The van der Waals surface area contributed by atoms with Crippen molar-refractivity contribution in [3.8, 4) is 0 Å². The van der Waals surface area contributed by atoms with Crippen LogP contribution in [0.25, 0.3) is 0 Å². The van der Waals surface area contributed by atoms with Gasteiger partial charge >= 0.3 is 10.4 Å². The normalized spacial score (nSPS) is 50.5. The van der Waals surface area contributed by atoms with Gasteiger partial charge in [-0.05, 0) is 190 Å². The Balaban J connectivity index is 0.828. The Labute approximate surface area is 419 Å². The van der Waals surface area contributed by atoms with E-state index in [0.29, 0.717) is 42.4 Å². The van der Waals surface area contributed by atoms with Crippen molar-refractivity contribution in [2.45, 2.75) is 233 Å². The van der Waals surface area contributed by atoms with E-state index in [0.717, 1.165) is 70.6 Å². The van der Waals surface area contributed by atoms with Crippen LogP contribution in [0, 0.1) is 79.8 Å². The highest BCUT2D eigenvalue weighted by atomic mass is 32.3. The van der Waals surface area contributed by atoms with E-state index in [1.54, 1.807) is 5.57 Å². The summed E-state index contributed by atoms with van der Waals surface area (Å²) < 4.78 is 61.9. The van der Waals surface area contributed by atoms with Gasteiger partial charge in [-0.25, -0.2) is 4.18 Å². The van der Waals surface area contributed by atoms with E-state index >= 15 is 0 Å². The Bertz CT molecular complexity index is 2420. The summed E-state index contributed by atoms with van der Waals surface area (Å²) >= 11 is 0. The van der Waals surface area contributed by atoms with Crippen LogP contribution in [-0.4, -0.2) is 88.2 Å². The second kappa shape index (κ2) is 15.8. The van der Waals surface area contributed by atoms with Crippen molar-refractivity contribution in [2.24, 2.45) is 79.8 Å². The third-order valence-corrected chi connectivity index (χ3v) is 24.7. The Morgan fingerprint density at radius 1 is 0.843 bits per heavy atom. The number of hydrogen-bond donors (Lipinski definition) is 4. The molecule has 1 spiro atoms. The van der Waals surface area contributed by atoms with Gasteiger partial charge in [-0.2, -0.15) is 8.42 Å². The number of aliphatic hydroxyl groups is 3. The molecule has 8 aliphatic carbocycles. The lowest BCUT2D eigenvalue weighted by Crippen LogP contribution is -2.76. The van der Waals surface area contributed by atoms with E-state index in [1.807, 2.05) is 27.7 Å². The fraction of sp³-hybridized carbons (Fsp3) is 0.879. The number of aliphatic hydroxyl groups excluding tert-OH is 2. The van der Waals surface area contributed by atoms with Crippen molar-refractivity contribution < 1.29 is 51.5 Å². The lowest BCUT2D eigenvalue weighted by Gasteiger charge is -2.69. The number of carbonyl (C=O) groups is 1. The molecular weight excluding hydrogens is 905 g/mol. The standard InChI is InChI=1S/C58H88O11S/c1-31(36-15-17-38-34-14-19-45-50(3,4)49(61)42(59)28-55(45,11)40(34)21-23-53(36,38)9)13-20-47-56(12)27-33(52(7,8)69-56)25-43(67-47)32(2)37-16-18-39-35-26-44(68-70(63,64)65)48-51(5,6)58(62)46(60)29-57(48,30-66-58)41(35)22-24-54(37,39)10/h19,31-33,36-39,42-44,46-48,59-60,62H,13-18,20-30H2,1-12H3,(H,63,64,65)/t31-,32+,33-,36-,37-,38+,39+,42+,43-,44+,46+,47+,48?,53-,54-,55-,56-,57+,58+/m1/s1. The van der Waals surface area contributed by atoms with Gasteiger partial charge in [0.25, 0.3) is 0 Å². The third kappa shape index (κ3) is 6.83. The minimum atomic E-state index is -4.81. The number of ketones is 1. The molecule has 4 bridgehead atoms. The number of Topliss-reactive ketones (excluding diaryl/α,β-unsaturated/α-hetero) is 1. The molecule has 0 aromatic heterocycles. The van der Waals surface area contributed by atoms with Crippen molar-refractivity contribution in [1.29, 1.82) is 0 Å². The topological polar surface area (TPSA) is 169 Å². The minimum Gasteiger partial charge on any atom is -0.387 e. The number of hydrogen-bond acceptors (Lipinski definition) is 10. The molecule has 4 heterocycles. The van der Waals surface area contributed by atoms with Gasteiger partial charge in [-0.3, -0.25) is 9.35 Å². The number of carbonyl (C=O) groups excluding carboxylic acids is 1. The SMILES string of the molecule is C[C@@H]([C@H]1CC[C@H]2C3=C(CC[C@]12C)[C@@]12CO[C@@](O)([C@@H](O)C1)C(C)(C)C2[C@@H](OS(=O)(=O)O)C3)[C@H]1C[C@@H]2C[C@@](C)(OC2(C)C)[C@H](CC[C@@H](C)[C@H]2CC[C@H]3C4=C(CC[C@]23C)[C@@]2(C)C[C@H](O)C(=O)C(C)(C)C2=CC4)O1. The molecule has 4 N–H and O–H groups in total. The summed E-state index contributed by atoms with van der Waals surface area (Å²) in [5.74, 6) is 0.509. The van der Waals surface area contributed by atoms with Crippen molar-refractivity contribution in [3.05, 3.63) is 33.9 Å². The maximum absolute atomic E-state index is 13.2. The van der Waals surface area contributed by atoms with E-state index < -0.39 is 56.7 Å². The molecule has 11 nitrogen and oxygen atoms in total. The monoisotopic (exact) mass is 993 g/mol. The summed E-state index contributed by atoms with van der Waals surface area (Å²) in [5, 5.41) is 34.4. The Morgan fingerprint density at radius 2 is 1.49 bits per heavy atom. The molecule has 4 saturated heterocycles. The molecule has 392 valence electrons. The zero-order valence-corrected chi connectivity index (χ0v) is 45.5. The predicted octanol–water partition coefficient (Wildman–Crippen LogP) is 10.4. The van der Waals surface area contributed by atoms with Crippen molar-refractivity contribution in [2.75, 3.05) is 6.61 Å². The second-order valence-electron chi connectivity index (χ2n) is 28.4. The summed E-state index contributed by atoms with van der Waals surface area (Å²) in [6.45, 7) is 27.1. The molecule has 1 unspecified atom stereocenters. The maximum atomic E-state index is 13.2. The zero-order valence-electron chi connectivity index (χ0n) is 44.7. The molecule has 12 heteroatoms. The number of fused-ring (bicyclic) bond motifs is 10. The highest BCUT2D eigenvalue weighted by Crippen LogP contribution is 2.73. The lowest BCUT2D eigenvalue weighted by atomic mass is 9.42. The first kappa shape index (κ1) is 50.7. The van der Waals surface area contributed by atoms with Crippen LogP contribution in [0.2, 0.25) is 0 Å². The summed E-state index contributed by atoms with van der Waals surface area (Å²) in [5.41, 5.74) is 3.71. The average molecular weight is 993 g/mol.